The number of nitrogens with zero attached hydrogens (tertiary/aromatic N) is 2. The normalized spacial score (nSPS) is 10.4. The molecule has 0 radical (unpaired) electrons. The smallest absolute Gasteiger partial charge is 0.136 e. The summed E-state index contributed by atoms with van der Waals surface area (Å²) < 4.78 is 0. The Hall–Kier alpha value is -2.59. The van der Waals surface area contributed by atoms with Crippen molar-refractivity contribution < 1.29 is 0 Å². The topological polar surface area (TPSA) is 49.8 Å². The number of aryl methyl sites for hydroxylation is 1. The van der Waals surface area contributed by atoms with E-state index in [0.717, 1.165) is 36.1 Å². The molecule has 0 fully saturated rings. The summed E-state index contributed by atoms with van der Waals surface area (Å²) in [5.74, 6) is 2.29. The molecule has 0 aliphatic rings. The highest BCUT2D eigenvalue weighted by atomic mass is 35.5. The van der Waals surface area contributed by atoms with Gasteiger partial charge in [-0.25, -0.2) is 9.97 Å². The van der Waals surface area contributed by atoms with Crippen LogP contribution in [0.25, 0.3) is 0 Å². The van der Waals surface area contributed by atoms with Crippen molar-refractivity contribution in [2.45, 2.75) is 13.3 Å². The molecule has 2 aromatic carbocycles. The van der Waals surface area contributed by atoms with Gasteiger partial charge < -0.3 is 10.6 Å². The Morgan fingerprint density at radius 2 is 1.62 bits per heavy atom. The summed E-state index contributed by atoms with van der Waals surface area (Å²) in [6, 6.07) is 19.8. The number of anilines is 3. The number of halogens is 1. The summed E-state index contributed by atoms with van der Waals surface area (Å²) in [5, 5.41) is 7.34. The first-order chi connectivity index (χ1) is 11.7. The highest BCUT2D eigenvalue weighted by Crippen LogP contribution is 2.19. The van der Waals surface area contributed by atoms with E-state index >= 15 is 0 Å². The molecule has 1 aromatic heterocycles. The van der Waals surface area contributed by atoms with Crippen LogP contribution in [-0.4, -0.2) is 16.5 Å². The summed E-state index contributed by atoms with van der Waals surface area (Å²) in [7, 11) is 0. The second kappa shape index (κ2) is 7.79. The van der Waals surface area contributed by atoms with Crippen LogP contribution < -0.4 is 10.6 Å². The maximum absolute atomic E-state index is 5.91. The van der Waals surface area contributed by atoms with Gasteiger partial charge in [0.1, 0.15) is 17.5 Å². The van der Waals surface area contributed by atoms with Gasteiger partial charge in [0.05, 0.1) is 0 Å². The molecule has 5 heteroatoms. The molecule has 122 valence electrons. The van der Waals surface area contributed by atoms with Crippen molar-refractivity contribution >= 4 is 28.9 Å². The van der Waals surface area contributed by atoms with Gasteiger partial charge in [0.15, 0.2) is 0 Å². The molecule has 3 rings (SSSR count). The molecule has 0 aliphatic carbocycles. The van der Waals surface area contributed by atoms with Crippen LogP contribution in [-0.2, 0) is 6.42 Å². The molecular formula is C19H19ClN4. The minimum atomic E-state index is 0.711. The Labute approximate surface area is 146 Å². The van der Waals surface area contributed by atoms with Gasteiger partial charge in [-0.3, -0.25) is 0 Å². The monoisotopic (exact) mass is 338 g/mol. The van der Waals surface area contributed by atoms with Crippen LogP contribution in [0.15, 0.2) is 60.7 Å². The fourth-order valence-electron chi connectivity index (χ4n) is 2.38. The van der Waals surface area contributed by atoms with Gasteiger partial charge in [-0.15, -0.1) is 0 Å². The van der Waals surface area contributed by atoms with Crippen LogP contribution in [0.4, 0.5) is 17.3 Å². The van der Waals surface area contributed by atoms with Gasteiger partial charge in [0, 0.05) is 23.3 Å². The number of hydrogen-bond acceptors (Lipinski definition) is 4. The Morgan fingerprint density at radius 1 is 0.917 bits per heavy atom. The molecular weight excluding hydrogens is 320 g/mol. The van der Waals surface area contributed by atoms with Crippen molar-refractivity contribution in [3.8, 4) is 0 Å². The Balaban J connectivity index is 1.64. The van der Waals surface area contributed by atoms with E-state index in [1.54, 1.807) is 0 Å². The number of benzene rings is 2. The number of aromatic nitrogens is 2. The van der Waals surface area contributed by atoms with Crippen molar-refractivity contribution in [2.24, 2.45) is 0 Å². The van der Waals surface area contributed by atoms with E-state index in [1.165, 1.54) is 5.56 Å². The molecule has 3 aromatic rings. The van der Waals surface area contributed by atoms with Gasteiger partial charge >= 0.3 is 0 Å². The fourth-order valence-corrected chi connectivity index (χ4v) is 2.51. The zero-order valence-electron chi connectivity index (χ0n) is 13.5. The molecule has 2 N–H and O–H groups in total. The van der Waals surface area contributed by atoms with Gasteiger partial charge in [0.25, 0.3) is 0 Å². The largest absolute Gasteiger partial charge is 0.370 e. The van der Waals surface area contributed by atoms with E-state index in [2.05, 4.69) is 44.9 Å². The molecule has 0 saturated heterocycles. The zero-order chi connectivity index (χ0) is 16.8. The van der Waals surface area contributed by atoms with Crippen LogP contribution in [0, 0.1) is 6.92 Å². The molecule has 0 amide bonds. The second-order valence-corrected chi connectivity index (χ2v) is 5.92. The molecule has 0 aliphatic heterocycles. The molecule has 0 bridgehead atoms. The summed E-state index contributed by atoms with van der Waals surface area (Å²) in [6.07, 6.45) is 0.948. The van der Waals surface area contributed by atoms with Crippen molar-refractivity contribution in [2.75, 3.05) is 17.2 Å². The van der Waals surface area contributed by atoms with Gasteiger partial charge in [0.2, 0.25) is 0 Å². The second-order valence-electron chi connectivity index (χ2n) is 5.48. The van der Waals surface area contributed by atoms with E-state index in [1.807, 2.05) is 43.3 Å². The van der Waals surface area contributed by atoms with E-state index in [-0.39, 0.29) is 0 Å². The first-order valence-corrected chi connectivity index (χ1v) is 8.23. The minimum Gasteiger partial charge on any atom is -0.370 e. The first kappa shape index (κ1) is 16.3. The Kier molecular flexibility index (Phi) is 5.29. The molecule has 0 unspecified atom stereocenters. The summed E-state index contributed by atoms with van der Waals surface area (Å²) in [4.78, 5) is 8.86. The average Bonchev–Trinajstić information content (AvgIpc) is 2.57. The highest BCUT2D eigenvalue weighted by molar-refractivity contribution is 6.30. The van der Waals surface area contributed by atoms with Crippen molar-refractivity contribution in [3.05, 3.63) is 77.1 Å². The lowest BCUT2D eigenvalue weighted by atomic mass is 10.1. The first-order valence-electron chi connectivity index (χ1n) is 7.85. The molecule has 0 spiro atoms. The highest BCUT2D eigenvalue weighted by Gasteiger charge is 2.03. The van der Waals surface area contributed by atoms with E-state index in [4.69, 9.17) is 11.6 Å². The molecule has 24 heavy (non-hydrogen) atoms. The van der Waals surface area contributed by atoms with E-state index in [0.29, 0.717) is 5.02 Å². The number of rotatable bonds is 6. The van der Waals surface area contributed by atoms with Crippen LogP contribution >= 0.6 is 11.6 Å². The molecule has 1 heterocycles. The predicted octanol–water partition coefficient (Wildman–Crippen LogP) is 4.84. The maximum atomic E-state index is 5.91. The van der Waals surface area contributed by atoms with E-state index < -0.39 is 0 Å². The van der Waals surface area contributed by atoms with Gasteiger partial charge in [-0.2, -0.15) is 0 Å². The lowest BCUT2D eigenvalue weighted by Crippen LogP contribution is -2.08. The summed E-state index contributed by atoms with van der Waals surface area (Å²) in [5.41, 5.74) is 2.24. The number of nitrogens with one attached hydrogen (secondary N) is 2. The van der Waals surface area contributed by atoms with Crippen molar-refractivity contribution in [3.63, 3.8) is 0 Å². The van der Waals surface area contributed by atoms with E-state index in [9.17, 15) is 0 Å². The fraction of sp³-hybridized carbons (Fsp3) is 0.158. The quantitative estimate of drug-likeness (QED) is 0.675. The Bertz CT molecular complexity index is 788. The van der Waals surface area contributed by atoms with Crippen LogP contribution in [0.2, 0.25) is 5.02 Å². The summed E-state index contributed by atoms with van der Waals surface area (Å²) >= 11 is 5.91. The zero-order valence-corrected chi connectivity index (χ0v) is 14.2. The molecule has 0 saturated carbocycles. The van der Waals surface area contributed by atoms with Crippen LogP contribution in [0.3, 0.4) is 0 Å². The van der Waals surface area contributed by atoms with Gasteiger partial charge in [-0.1, -0.05) is 41.9 Å². The third-order valence-corrected chi connectivity index (χ3v) is 3.77. The summed E-state index contributed by atoms with van der Waals surface area (Å²) in [6.45, 7) is 2.70. The number of hydrogen-bond donors (Lipinski definition) is 2. The van der Waals surface area contributed by atoms with Crippen molar-refractivity contribution in [1.82, 2.24) is 9.97 Å². The SMILES string of the molecule is Cc1nc(NCCc2ccccc2)cc(Nc2ccc(Cl)cc2)n1. The minimum absolute atomic E-state index is 0.711. The van der Waals surface area contributed by atoms with Crippen molar-refractivity contribution in [1.29, 1.82) is 0 Å². The van der Waals surface area contributed by atoms with Crippen LogP contribution in [0.5, 0.6) is 0 Å². The lowest BCUT2D eigenvalue weighted by molar-refractivity contribution is 0.983. The van der Waals surface area contributed by atoms with Gasteiger partial charge in [-0.05, 0) is 43.2 Å². The Morgan fingerprint density at radius 3 is 2.38 bits per heavy atom. The predicted molar refractivity (Wildman–Crippen MR) is 100 cm³/mol. The lowest BCUT2D eigenvalue weighted by Gasteiger charge is -2.10. The molecule has 0 atom stereocenters. The third-order valence-electron chi connectivity index (χ3n) is 3.52. The van der Waals surface area contributed by atoms with Crippen LogP contribution in [0.1, 0.15) is 11.4 Å². The molecule has 4 nitrogen and oxygen atoms in total. The standard InChI is InChI=1S/C19H19ClN4/c1-14-22-18(21-12-11-15-5-3-2-4-6-15)13-19(23-14)24-17-9-7-16(20)8-10-17/h2-10,13H,11-12H2,1H3,(H2,21,22,23,24). The average molecular weight is 339 g/mol. The maximum Gasteiger partial charge on any atom is 0.136 e. The third kappa shape index (κ3) is 4.70.